The van der Waals surface area contributed by atoms with Gasteiger partial charge in [-0.05, 0) is 44.2 Å². The highest BCUT2D eigenvalue weighted by Gasteiger charge is 2.52. The van der Waals surface area contributed by atoms with E-state index in [1.807, 2.05) is 19.9 Å². The van der Waals surface area contributed by atoms with Crippen LogP contribution in [0.3, 0.4) is 0 Å². The smallest absolute Gasteiger partial charge is 0.313 e. The minimum atomic E-state index is -4.07. The Bertz CT molecular complexity index is 263. The van der Waals surface area contributed by atoms with Crippen LogP contribution >= 0.6 is 0 Å². The van der Waals surface area contributed by atoms with Crippen molar-refractivity contribution in [2.45, 2.75) is 32.9 Å². The van der Waals surface area contributed by atoms with Crippen molar-refractivity contribution in [3.63, 3.8) is 0 Å². The minimum absolute atomic E-state index is 0.0261. The van der Waals surface area contributed by atoms with Crippen LogP contribution < -0.4 is 0 Å². The van der Waals surface area contributed by atoms with Gasteiger partial charge in [0.1, 0.15) is 0 Å². The fraction of sp³-hybridized carbons (Fsp3) is 0.727. The number of nitrogens with one attached hydrogen (secondary N) is 1. The van der Waals surface area contributed by atoms with Crippen LogP contribution in [0.5, 0.6) is 0 Å². The predicted molar refractivity (Wildman–Crippen MR) is 54.0 cm³/mol. The normalized spacial score (nSPS) is 29.8. The molecule has 0 amide bonds. The minimum Gasteiger partial charge on any atom is -0.313 e. The first-order valence-electron chi connectivity index (χ1n) is 5.06. The molecular formula is C11H16F3N. The van der Waals surface area contributed by atoms with Gasteiger partial charge in [0.05, 0.1) is 0 Å². The molecule has 1 rings (SSSR count). The molecule has 1 fully saturated rings. The van der Waals surface area contributed by atoms with Crippen molar-refractivity contribution in [3.05, 3.63) is 11.6 Å². The Kier molecular flexibility index (Phi) is 3.58. The van der Waals surface area contributed by atoms with Crippen LogP contribution in [-0.4, -0.2) is 12.4 Å². The molecule has 0 spiro atoms. The lowest BCUT2D eigenvalue weighted by molar-refractivity contribution is -0.139. The van der Waals surface area contributed by atoms with Gasteiger partial charge in [-0.2, -0.15) is 13.2 Å². The maximum atomic E-state index is 12.2. The third-order valence-electron chi connectivity index (χ3n) is 2.78. The average Bonchev–Trinajstić information content (AvgIpc) is 2.60. The zero-order valence-corrected chi connectivity index (χ0v) is 8.93. The fourth-order valence-corrected chi connectivity index (χ4v) is 2.13. The highest BCUT2D eigenvalue weighted by Crippen LogP contribution is 2.54. The molecule has 0 aromatic heterocycles. The van der Waals surface area contributed by atoms with E-state index in [4.69, 9.17) is 5.41 Å². The van der Waals surface area contributed by atoms with E-state index in [-0.39, 0.29) is 17.8 Å². The van der Waals surface area contributed by atoms with E-state index in [0.717, 1.165) is 5.57 Å². The molecule has 86 valence electrons. The molecule has 0 saturated heterocycles. The van der Waals surface area contributed by atoms with E-state index in [1.165, 1.54) is 6.21 Å². The van der Waals surface area contributed by atoms with Crippen LogP contribution in [0, 0.1) is 23.2 Å². The molecule has 1 saturated carbocycles. The lowest BCUT2D eigenvalue weighted by atomic mass is 10.2. The Labute approximate surface area is 87.9 Å². The second kappa shape index (κ2) is 4.37. The SMILES string of the molecule is CC(C)=CC1C(CC=N)C1CC(F)(F)F. The molecule has 3 atom stereocenters. The quantitative estimate of drug-likeness (QED) is 0.549. The van der Waals surface area contributed by atoms with Gasteiger partial charge in [0, 0.05) is 6.42 Å². The van der Waals surface area contributed by atoms with Gasteiger partial charge in [-0.25, -0.2) is 0 Å². The maximum absolute atomic E-state index is 12.2. The van der Waals surface area contributed by atoms with E-state index in [0.29, 0.717) is 6.42 Å². The fourth-order valence-electron chi connectivity index (χ4n) is 2.13. The van der Waals surface area contributed by atoms with Crippen LogP contribution in [0.15, 0.2) is 11.6 Å². The highest BCUT2D eigenvalue weighted by atomic mass is 19.4. The molecule has 0 aromatic rings. The van der Waals surface area contributed by atoms with Crippen molar-refractivity contribution >= 4 is 6.21 Å². The van der Waals surface area contributed by atoms with Crippen LogP contribution in [0.4, 0.5) is 13.2 Å². The predicted octanol–water partition coefficient (Wildman–Crippen LogP) is 3.81. The number of rotatable bonds is 4. The Morgan fingerprint density at radius 2 is 1.87 bits per heavy atom. The summed E-state index contributed by atoms with van der Waals surface area (Å²) in [5.74, 6) is -0.251. The third kappa shape index (κ3) is 3.68. The van der Waals surface area contributed by atoms with Gasteiger partial charge in [0.2, 0.25) is 0 Å². The second-order valence-corrected chi connectivity index (χ2v) is 4.41. The van der Waals surface area contributed by atoms with Gasteiger partial charge < -0.3 is 5.41 Å². The van der Waals surface area contributed by atoms with Gasteiger partial charge in [-0.1, -0.05) is 11.6 Å². The number of halogens is 3. The maximum Gasteiger partial charge on any atom is 0.389 e. The molecule has 4 heteroatoms. The molecule has 0 aliphatic heterocycles. The monoisotopic (exact) mass is 219 g/mol. The number of hydrogen-bond donors (Lipinski definition) is 1. The number of allylic oxidation sites excluding steroid dienone is 2. The molecule has 0 heterocycles. The summed E-state index contributed by atoms with van der Waals surface area (Å²) < 4.78 is 36.6. The van der Waals surface area contributed by atoms with E-state index in [1.54, 1.807) is 0 Å². The van der Waals surface area contributed by atoms with Crippen molar-refractivity contribution in [2.24, 2.45) is 17.8 Å². The van der Waals surface area contributed by atoms with E-state index in [2.05, 4.69) is 0 Å². The summed E-state index contributed by atoms with van der Waals surface area (Å²) in [5, 5.41) is 6.94. The first-order chi connectivity index (χ1) is 6.85. The molecular weight excluding hydrogens is 203 g/mol. The molecule has 0 radical (unpaired) electrons. The molecule has 0 aromatic carbocycles. The van der Waals surface area contributed by atoms with Crippen LogP contribution in [0.2, 0.25) is 0 Å². The summed E-state index contributed by atoms with van der Waals surface area (Å²) in [6, 6.07) is 0. The number of alkyl halides is 3. The molecule has 1 aliphatic rings. The Morgan fingerprint density at radius 1 is 1.27 bits per heavy atom. The summed E-state index contributed by atoms with van der Waals surface area (Å²) in [6.07, 6.45) is -1.19. The molecule has 15 heavy (non-hydrogen) atoms. The van der Waals surface area contributed by atoms with Crippen molar-refractivity contribution in [1.29, 1.82) is 5.41 Å². The summed E-state index contributed by atoms with van der Waals surface area (Å²) in [6.45, 7) is 3.79. The van der Waals surface area contributed by atoms with Gasteiger partial charge in [-0.3, -0.25) is 0 Å². The van der Waals surface area contributed by atoms with Crippen molar-refractivity contribution in [1.82, 2.24) is 0 Å². The van der Waals surface area contributed by atoms with Crippen LogP contribution in [-0.2, 0) is 0 Å². The lowest BCUT2D eigenvalue weighted by Crippen LogP contribution is -2.09. The van der Waals surface area contributed by atoms with Gasteiger partial charge in [0.25, 0.3) is 0 Å². The Balaban J connectivity index is 2.57. The Morgan fingerprint density at radius 3 is 2.27 bits per heavy atom. The first-order valence-corrected chi connectivity index (χ1v) is 5.06. The molecule has 1 N–H and O–H groups in total. The number of hydrogen-bond acceptors (Lipinski definition) is 1. The van der Waals surface area contributed by atoms with Crippen LogP contribution in [0.1, 0.15) is 26.7 Å². The molecule has 0 bridgehead atoms. The Hall–Kier alpha value is -0.800. The van der Waals surface area contributed by atoms with Gasteiger partial charge in [0.15, 0.2) is 0 Å². The van der Waals surface area contributed by atoms with E-state index >= 15 is 0 Å². The lowest BCUT2D eigenvalue weighted by Gasteiger charge is -2.04. The van der Waals surface area contributed by atoms with Crippen LogP contribution in [0.25, 0.3) is 0 Å². The largest absolute Gasteiger partial charge is 0.389 e. The first kappa shape index (κ1) is 12.3. The second-order valence-electron chi connectivity index (χ2n) is 4.41. The third-order valence-corrected chi connectivity index (χ3v) is 2.78. The van der Waals surface area contributed by atoms with E-state index < -0.39 is 12.6 Å². The van der Waals surface area contributed by atoms with Gasteiger partial charge >= 0.3 is 6.18 Å². The molecule has 3 unspecified atom stereocenters. The standard InChI is InChI=1S/C11H16F3N/c1-7(2)5-9-8(3-4-15)10(9)6-11(12,13)14/h4-5,8-10,15H,3,6H2,1-2H3. The highest BCUT2D eigenvalue weighted by molar-refractivity contribution is 5.54. The summed E-state index contributed by atoms with van der Waals surface area (Å²) >= 11 is 0. The summed E-state index contributed by atoms with van der Waals surface area (Å²) in [4.78, 5) is 0. The van der Waals surface area contributed by atoms with Crippen molar-refractivity contribution in [2.75, 3.05) is 0 Å². The van der Waals surface area contributed by atoms with Crippen molar-refractivity contribution in [3.8, 4) is 0 Å². The summed E-state index contributed by atoms with van der Waals surface area (Å²) in [7, 11) is 0. The van der Waals surface area contributed by atoms with Crippen molar-refractivity contribution < 1.29 is 13.2 Å². The zero-order valence-electron chi connectivity index (χ0n) is 8.93. The average molecular weight is 219 g/mol. The molecule has 1 nitrogen and oxygen atoms in total. The molecule has 1 aliphatic carbocycles. The zero-order chi connectivity index (χ0) is 11.6. The topological polar surface area (TPSA) is 23.9 Å². The van der Waals surface area contributed by atoms with Gasteiger partial charge in [-0.15, -0.1) is 0 Å². The summed E-state index contributed by atoms with van der Waals surface area (Å²) in [5.41, 5.74) is 1.06. The van der Waals surface area contributed by atoms with E-state index in [9.17, 15) is 13.2 Å².